The molecule has 0 aliphatic carbocycles. The molecule has 0 fully saturated rings. The molecule has 0 amide bonds. The Bertz CT molecular complexity index is 320. The third kappa shape index (κ3) is 37.0. The molecule has 0 aliphatic rings. The summed E-state index contributed by atoms with van der Waals surface area (Å²) in [4.78, 5) is 0.781. The van der Waals surface area contributed by atoms with Gasteiger partial charge in [0.2, 0.25) is 0 Å². The van der Waals surface area contributed by atoms with Gasteiger partial charge in [-0.3, -0.25) is 0 Å². The molecule has 0 heterocycles. The van der Waals surface area contributed by atoms with Gasteiger partial charge in [-0.05, 0) is 26.9 Å². The fourth-order valence-corrected chi connectivity index (χ4v) is 5.38. The molecule has 34 heavy (non-hydrogen) atoms. The summed E-state index contributed by atoms with van der Waals surface area (Å²) in [6.45, 7) is 4.61. The summed E-state index contributed by atoms with van der Waals surface area (Å²) in [7, 11) is 3.75. The van der Waals surface area contributed by atoms with E-state index in [0.29, 0.717) is 0 Å². The van der Waals surface area contributed by atoms with Crippen molar-refractivity contribution in [3.63, 3.8) is 0 Å². The molecule has 0 saturated carbocycles. The van der Waals surface area contributed by atoms with Crippen LogP contribution in [0.15, 0.2) is 0 Å². The van der Waals surface area contributed by atoms with Crippen LogP contribution in [0, 0.1) is 0 Å². The molecule has 2 heteroatoms. The van der Waals surface area contributed by atoms with Gasteiger partial charge in [0, 0.05) is 4.83 Å². The highest BCUT2D eigenvalue weighted by atomic mass is 79.9. The van der Waals surface area contributed by atoms with Crippen LogP contribution in [0.1, 0.15) is 187 Å². The van der Waals surface area contributed by atoms with E-state index in [9.17, 15) is 0 Å². The minimum absolute atomic E-state index is 0.781. The fraction of sp³-hybridized carbons (Fsp3) is 1.00. The fourth-order valence-electron chi connectivity index (χ4n) is 4.73. The molecule has 0 aliphatic heterocycles. The zero-order valence-corrected chi connectivity index (χ0v) is 26.1. The van der Waals surface area contributed by atoms with Crippen LogP contribution in [0.4, 0.5) is 0 Å². The second-order valence-electron chi connectivity index (χ2n) is 10.8. The van der Waals surface area contributed by atoms with Crippen LogP contribution in [-0.2, 0) is 0 Å². The molecule has 0 saturated heterocycles. The van der Waals surface area contributed by atoms with E-state index < -0.39 is 0 Å². The highest BCUT2D eigenvalue weighted by Gasteiger charge is 2.04. The number of unbranched alkanes of at least 4 members (excludes halogenated alkanes) is 23. The van der Waals surface area contributed by atoms with Crippen LogP contribution in [-0.4, -0.2) is 18.9 Å². The smallest absolute Gasteiger partial charge is 0.0145 e. The second-order valence-corrected chi connectivity index (χ2v) is 12.1. The lowest BCUT2D eigenvalue weighted by Gasteiger charge is -2.09. The van der Waals surface area contributed by atoms with Crippen molar-refractivity contribution in [2.75, 3.05) is 14.1 Å². The number of hydrogen-bond acceptors (Lipinski definition) is 1. The SMILES string of the molecule is CCCCCCCCCCCCCCCCCCC(Br)CCCCCCCCCCC.CNC. The number of hydrogen-bond donors (Lipinski definition) is 1. The molecule has 1 N–H and O–H groups in total. The van der Waals surface area contributed by atoms with E-state index in [1.165, 1.54) is 173 Å². The molecule has 0 rings (SSSR count). The van der Waals surface area contributed by atoms with Gasteiger partial charge in [0.05, 0.1) is 0 Å². The molecule has 0 radical (unpaired) electrons. The van der Waals surface area contributed by atoms with Gasteiger partial charge in [0.15, 0.2) is 0 Å². The van der Waals surface area contributed by atoms with E-state index in [2.05, 4.69) is 35.1 Å². The number of rotatable bonds is 27. The highest BCUT2D eigenvalue weighted by molar-refractivity contribution is 9.09. The van der Waals surface area contributed by atoms with Gasteiger partial charge in [0.25, 0.3) is 0 Å². The van der Waals surface area contributed by atoms with Crippen molar-refractivity contribution < 1.29 is 0 Å². The average Bonchev–Trinajstić information content (AvgIpc) is 2.83. The van der Waals surface area contributed by atoms with Gasteiger partial charge < -0.3 is 5.32 Å². The van der Waals surface area contributed by atoms with Gasteiger partial charge in [0.1, 0.15) is 0 Å². The Labute approximate surface area is 226 Å². The number of alkyl halides is 1. The molecule has 1 atom stereocenters. The Kier molecular flexibility index (Phi) is 38.3. The first-order chi connectivity index (χ1) is 16.7. The number of halogens is 1. The molecule has 1 unspecified atom stereocenters. The molecule has 0 bridgehead atoms. The van der Waals surface area contributed by atoms with Crippen molar-refractivity contribution in [1.29, 1.82) is 0 Å². The summed E-state index contributed by atoms with van der Waals surface area (Å²) in [5.74, 6) is 0. The van der Waals surface area contributed by atoms with Crippen LogP contribution in [0.25, 0.3) is 0 Å². The maximum absolute atomic E-state index is 3.93. The average molecular weight is 547 g/mol. The third-order valence-corrected chi connectivity index (χ3v) is 7.91. The zero-order valence-electron chi connectivity index (χ0n) is 24.5. The predicted molar refractivity (Wildman–Crippen MR) is 164 cm³/mol. The van der Waals surface area contributed by atoms with Gasteiger partial charge in [-0.2, -0.15) is 0 Å². The second kappa shape index (κ2) is 35.6. The molecular formula is C32H68BrN. The molecule has 1 nitrogen and oxygen atoms in total. The van der Waals surface area contributed by atoms with Crippen LogP contribution in [0.5, 0.6) is 0 Å². The van der Waals surface area contributed by atoms with Crippen molar-refractivity contribution in [2.24, 2.45) is 0 Å². The Morgan fingerprint density at radius 2 is 0.559 bits per heavy atom. The van der Waals surface area contributed by atoms with Gasteiger partial charge in [-0.1, -0.05) is 190 Å². The Morgan fingerprint density at radius 1 is 0.382 bits per heavy atom. The third-order valence-electron chi connectivity index (χ3n) is 6.99. The predicted octanol–water partition coefficient (Wildman–Crippen LogP) is 12.2. The summed E-state index contributed by atoms with van der Waals surface area (Å²) in [6, 6.07) is 0. The standard InChI is InChI=1S/C30H61Br.C2H7N/c1-3-5-7-9-11-13-14-15-16-17-18-19-21-23-25-27-29-30(31)28-26-24-22-20-12-10-8-6-4-2;1-3-2/h30H,3-29H2,1-2H3;3H,1-2H3. The topological polar surface area (TPSA) is 12.0 Å². The lowest BCUT2D eigenvalue weighted by Crippen LogP contribution is -1.97. The molecule has 0 aromatic rings. The van der Waals surface area contributed by atoms with Crippen LogP contribution >= 0.6 is 15.9 Å². The molecular weight excluding hydrogens is 478 g/mol. The summed E-state index contributed by atoms with van der Waals surface area (Å²) in [6.07, 6.45) is 39.3. The van der Waals surface area contributed by atoms with Crippen LogP contribution < -0.4 is 5.32 Å². The van der Waals surface area contributed by atoms with E-state index in [1.807, 2.05) is 14.1 Å². The lowest BCUT2D eigenvalue weighted by molar-refractivity contribution is 0.519. The summed E-state index contributed by atoms with van der Waals surface area (Å²) in [5, 5.41) is 2.75. The maximum Gasteiger partial charge on any atom is 0.0145 e. The van der Waals surface area contributed by atoms with Crippen molar-refractivity contribution in [1.82, 2.24) is 5.32 Å². The summed E-state index contributed by atoms with van der Waals surface area (Å²) < 4.78 is 0. The van der Waals surface area contributed by atoms with E-state index in [-0.39, 0.29) is 0 Å². The molecule has 208 valence electrons. The Balaban J connectivity index is 0. The van der Waals surface area contributed by atoms with E-state index in [1.54, 1.807) is 0 Å². The first kappa shape index (κ1) is 36.6. The quantitative estimate of drug-likeness (QED) is 0.0798. The Hall–Kier alpha value is 0.440. The van der Waals surface area contributed by atoms with Crippen molar-refractivity contribution >= 4 is 15.9 Å². The first-order valence-corrected chi connectivity index (χ1v) is 16.9. The van der Waals surface area contributed by atoms with E-state index >= 15 is 0 Å². The monoisotopic (exact) mass is 545 g/mol. The van der Waals surface area contributed by atoms with Crippen molar-refractivity contribution in [2.45, 2.75) is 192 Å². The van der Waals surface area contributed by atoms with Gasteiger partial charge in [-0.15, -0.1) is 0 Å². The zero-order chi connectivity index (χ0) is 25.4. The van der Waals surface area contributed by atoms with Crippen LogP contribution in [0.3, 0.4) is 0 Å². The minimum atomic E-state index is 0.781. The van der Waals surface area contributed by atoms with Gasteiger partial charge >= 0.3 is 0 Å². The van der Waals surface area contributed by atoms with Crippen molar-refractivity contribution in [3.8, 4) is 0 Å². The van der Waals surface area contributed by atoms with Crippen molar-refractivity contribution in [3.05, 3.63) is 0 Å². The minimum Gasteiger partial charge on any atom is -0.323 e. The molecule has 0 aromatic heterocycles. The number of nitrogens with one attached hydrogen (secondary N) is 1. The van der Waals surface area contributed by atoms with Gasteiger partial charge in [-0.25, -0.2) is 0 Å². The maximum atomic E-state index is 3.93. The largest absolute Gasteiger partial charge is 0.323 e. The highest BCUT2D eigenvalue weighted by Crippen LogP contribution is 2.20. The Morgan fingerprint density at radius 3 is 0.765 bits per heavy atom. The summed E-state index contributed by atoms with van der Waals surface area (Å²) in [5.41, 5.74) is 0. The molecule has 0 spiro atoms. The first-order valence-electron chi connectivity index (χ1n) is 15.9. The van der Waals surface area contributed by atoms with Crippen LogP contribution in [0.2, 0.25) is 0 Å². The van der Waals surface area contributed by atoms with E-state index in [4.69, 9.17) is 0 Å². The normalized spacial score (nSPS) is 11.9. The summed E-state index contributed by atoms with van der Waals surface area (Å²) >= 11 is 3.93. The van der Waals surface area contributed by atoms with E-state index in [0.717, 1.165) is 4.83 Å². The molecule has 0 aromatic carbocycles. The lowest BCUT2D eigenvalue weighted by atomic mass is 10.0.